The molecule has 0 saturated carbocycles. The van der Waals surface area contributed by atoms with E-state index in [0.717, 1.165) is 5.01 Å². The van der Waals surface area contributed by atoms with Gasteiger partial charge in [0.1, 0.15) is 48.6 Å². The van der Waals surface area contributed by atoms with Gasteiger partial charge in [0.25, 0.3) is 5.91 Å². The van der Waals surface area contributed by atoms with Crippen LogP contribution >= 0.6 is 7.60 Å². The predicted octanol–water partition coefficient (Wildman–Crippen LogP) is -15.6. The predicted molar refractivity (Wildman–Crippen MR) is 452 cm³/mol. The van der Waals surface area contributed by atoms with Gasteiger partial charge < -0.3 is 169 Å². The maximum Gasteiger partial charge on any atom is 0.284 e. The second-order valence-electron chi connectivity index (χ2n) is 28.4. The van der Waals surface area contributed by atoms with Crippen molar-refractivity contribution >= 4 is 121 Å². The molecule has 0 bridgehead atoms. The Morgan fingerprint density at radius 1 is 0.377 bits per heavy atom. The van der Waals surface area contributed by atoms with Gasteiger partial charge in [0, 0.05) is 148 Å². The van der Waals surface area contributed by atoms with E-state index in [-0.39, 0.29) is 259 Å². The molecule has 1 radical (unpaired) electrons. The Hall–Kier alpha value is -10.3. The standard InChI is InChI=1S/C67H134N39O14P.Tm/c1-3-102-29-30-103(4-2)32-35-105(40-121(118,119)120)36-34-104(33-31-102)38-50(109)101-51-59(117)106(51)92-37-49(108)94-42(14-6-22-85-61(70)71)53(111)96-44(16-8-24-87-63(74)75)55(113)98-46(18-10-26-89-65(78)79)57(115)100-48(20-12-28-91-67(82)83)58(116)99-47(19-11-27-90-66(80)81)56(114)97-45(17-9-25-88-64(76)77)54(112)95-43(15-7-23-86-62(72)73)52(110)93-41(39-107)13-5-21-84-60(68)69;/h39,41-48,51,92H,3-38,40H2,1-2H3,(H,93,110)(H,94,108)(H,95,112)(H,96,111)(H,97,114)(H,98,113)(H,99,116)(H,100,115)(H,101,109)(H4,68,69,84)(H4,70,71,85)(H4,72,73,86)(H4,74,75,87)(H4,76,77,88)(H4,78,79,89)(H4,80,81,90)(H4,82,83,91)(H2,118,119,120);/p-2/t41-,42-,43+,44+,45-,46+,47+,48+,51?,106?;/m1./s1. The number of nitrogens with zero attached hydrogens (tertiary/aromatic N) is 13. The molecule has 2 aliphatic rings. The van der Waals surface area contributed by atoms with Crippen LogP contribution in [0.1, 0.15) is 117 Å². The number of likely N-dealkylation sites (N-methyl/N-ethyl adjacent to an activating group) is 2. The van der Waals surface area contributed by atoms with Crippen molar-refractivity contribution < 1.29 is 104 Å². The number of hydrazine groups is 1. The molecule has 53 nitrogen and oxygen atoms in total. The first-order chi connectivity index (χ1) is 57.2. The minimum Gasteiger partial charge on any atom is -0.810 e. The second kappa shape index (κ2) is 61.1. The molecular weight excluding hydrogens is 1770 g/mol. The summed E-state index contributed by atoms with van der Waals surface area (Å²) in [5, 5.41) is 24.7. The molecule has 9 atom stereocenters. The van der Waals surface area contributed by atoms with Gasteiger partial charge in [-0.3, -0.25) is 97.7 Å². The number of carbonyl (C=O) groups is 11. The Balaban J connectivity index is 0.0000744. The van der Waals surface area contributed by atoms with Crippen molar-refractivity contribution in [2.75, 3.05) is 137 Å². The Kier molecular flexibility index (Phi) is 54.9. The van der Waals surface area contributed by atoms with Crippen molar-refractivity contribution in [2.45, 2.75) is 171 Å². The first kappa shape index (κ1) is 110. The molecule has 10 amide bonds. The third-order valence-electron chi connectivity index (χ3n) is 18.5. The normalized spacial score (nSPS) is 16.0. The molecule has 42 N–H and O–H groups in total. The number of aldehydes is 1. The first-order valence-electron chi connectivity index (χ1n) is 39.8. The fourth-order valence-electron chi connectivity index (χ4n) is 12.0. The minimum atomic E-state index is -4.94. The Bertz CT molecular complexity index is 3580. The Morgan fingerprint density at radius 2 is 0.615 bits per heavy atom. The Morgan fingerprint density at radius 3 is 0.861 bits per heavy atom. The van der Waals surface area contributed by atoms with E-state index in [0.29, 0.717) is 58.6 Å². The number of nitrogens with two attached hydrogens (primary N) is 16. The number of amides is 10. The second-order valence-corrected chi connectivity index (χ2v) is 29.9. The SMILES string of the molecule is CCN1CCN(CC)CCN(CP(=O)([O-])[O-])CCN(CC(=O)NC2C(=O)N2NCC(=O)N[C@H](CCCN=C(N)N)C(=O)N[C@@H](CCCN=C(N)N)C(=O)N[C@@H](CCCN=C(N)N)C(=O)N[C@@H](CCCN=C(N)N)C(=O)N[C@@H](CCCN=C(N)N)C(=O)N[C@H](CCCN=C(N)N)C(=O)N[C@@H](CCCN=C(N)N)C(=O)N[C@@H](C=O)CCCN=C(N)N)CC1.[Tm]. The van der Waals surface area contributed by atoms with Gasteiger partial charge in [-0.2, -0.15) is 0 Å². The van der Waals surface area contributed by atoms with Gasteiger partial charge in [-0.1, -0.05) is 21.4 Å². The zero-order chi connectivity index (χ0) is 90.6. The van der Waals surface area contributed by atoms with Crippen LogP contribution in [-0.4, -0.2) is 329 Å². The van der Waals surface area contributed by atoms with Crippen LogP contribution in [0.2, 0.25) is 0 Å². The van der Waals surface area contributed by atoms with Crippen molar-refractivity contribution in [2.24, 2.45) is 132 Å². The number of aliphatic imine (C=N–C) groups is 8. The molecule has 0 aliphatic carbocycles. The van der Waals surface area contributed by atoms with Gasteiger partial charge in [-0.15, -0.1) is 0 Å². The van der Waals surface area contributed by atoms with Crippen LogP contribution < -0.4 is 155 Å². The van der Waals surface area contributed by atoms with E-state index in [1.54, 1.807) is 4.90 Å². The summed E-state index contributed by atoms with van der Waals surface area (Å²) in [6, 6.07) is -11.7. The molecule has 699 valence electrons. The first-order valence-corrected chi connectivity index (χ1v) is 41.5. The molecule has 0 spiro atoms. The molecule has 122 heavy (non-hydrogen) atoms. The third-order valence-corrected chi connectivity index (χ3v) is 19.2. The van der Waals surface area contributed by atoms with Gasteiger partial charge in [0.2, 0.25) is 59.3 Å². The monoisotopic (exact) mass is 1910 g/mol. The third kappa shape index (κ3) is 50.8. The maximum absolute atomic E-state index is 15.0. The van der Waals surface area contributed by atoms with Crippen LogP contribution in [0.5, 0.6) is 0 Å². The summed E-state index contributed by atoms with van der Waals surface area (Å²) in [5.74, 6) is -11.0. The van der Waals surface area contributed by atoms with Gasteiger partial charge in [0.05, 0.1) is 19.1 Å². The van der Waals surface area contributed by atoms with E-state index in [2.05, 4.69) is 103 Å². The maximum atomic E-state index is 15.0. The van der Waals surface area contributed by atoms with Crippen molar-refractivity contribution in [1.82, 2.24) is 77.9 Å². The molecule has 2 saturated heterocycles. The average Bonchev–Trinajstić information content (AvgIpc) is 1.64. The average molecular weight is 1910 g/mol. The molecule has 1 unspecified atom stereocenters. The van der Waals surface area contributed by atoms with Crippen LogP contribution in [0.3, 0.4) is 0 Å². The number of carbonyl (C=O) groups excluding carboxylic acids is 11. The number of hydrogen-bond acceptors (Lipinski definition) is 27. The summed E-state index contributed by atoms with van der Waals surface area (Å²) in [4.78, 5) is 219. The number of guanidine groups is 8. The summed E-state index contributed by atoms with van der Waals surface area (Å²) in [5.41, 5.74) is 92.0. The van der Waals surface area contributed by atoms with E-state index in [1.165, 1.54) is 4.90 Å². The summed E-state index contributed by atoms with van der Waals surface area (Å²) in [6.45, 7) is 7.76. The van der Waals surface area contributed by atoms with Gasteiger partial charge >= 0.3 is 0 Å². The van der Waals surface area contributed by atoms with E-state index in [1.807, 2.05) is 13.8 Å². The molecule has 55 heteroatoms. The van der Waals surface area contributed by atoms with Crippen molar-refractivity contribution in [3.05, 3.63) is 0 Å². The quantitative estimate of drug-likeness (QED) is 0.00671. The van der Waals surface area contributed by atoms with Crippen molar-refractivity contribution in [3.63, 3.8) is 0 Å². The van der Waals surface area contributed by atoms with Gasteiger partial charge in [-0.05, 0) is 116 Å². The molecule has 0 aromatic carbocycles. The number of nitrogens with one attached hydrogen (secondary N) is 10. The molecule has 0 aromatic rings. The molecule has 0 aromatic heterocycles. The van der Waals surface area contributed by atoms with Crippen LogP contribution in [0.15, 0.2) is 39.9 Å². The van der Waals surface area contributed by atoms with E-state index < -0.39 is 134 Å². The molecule has 2 fully saturated rings. The minimum absolute atomic E-state index is 0. The smallest absolute Gasteiger partial charge is 0.284 e. The number of rotatable bonds is 58. The van der Waals surface area contributed by atoms with Crippen LogP contribution in [0, 0.1) is 36.9 Å². The summed E-state index contributed by atoms with van der Waals surface area (Å²) >= 11 is 0. The van der Waals surface area contributed by atoms with Crippen LogP contribution in [-0.2, 0) is 57.3 Å². The molecular formula is C67H132N39O14PTm-2. The molecule has 2 rings (SSSR count). The largest absolute Gasteiger partial charge is 0.810 e. The Labute approximate surface area is 738 Å². The number of hydrogen-bond donors (Lipinski definition) is 26. The summed E-state index contributed by atoms with van der Waals surface area (Å²) < 4.78 is 11.9. The summed E-state index contributed by atoms with van der Waals surface area (Å²) in [6.07, 6.45) is -2.22. The topological polar surface area (TPSA) is 902 Å². The van der Waals surface area contributed by atoms with E-state index in [4.69, 9.17) is 91.7 Å². The molecule has 2 aliphatic heterocycles. The fraction of sp³-hybridized carbons (Fsp3) is 0.716. The van der Waals surface area contributed by atoms with Crippen LogP contribution in [0.4, 0.5) is 0 Å². The van der Waals surface area contributed by atoms with Crippen molar-refractivity contribution in [1.29, 1.82) is 0 Å². The van der Waals surface area contributed by atoms with Gasteiger partial charge in [0.15, 0.2) is 47.7 Å². The molecule has 2 heterocycles. The van der Waals surface area contributed by atoms with E-state index >= 15 is 0 Å². The summed E-state index contributed by atoms with van der Waals surface area (Å²) in [7, 11) is -4.94. The van der Waals surface area contributed by atoms with E-state index in [9.17, 15) is 67.1 Å². The zero-order valence-electron chi connectivity index (χ0n) is 69.4. The fourth-order valence-corrected chi connectivity index (χ4v) is 12.8. The van der Waals surface area contributed by atoms with Gasteiger partial charge in [-0.25, -0.2) is 10.4 Å². The van der Waals surface area contributed by atoms with Crippen molar-refractivity contribution in [3.8, 4) is 0 Å². The zero-order valence-corrected chi connectivity index (χ0v) is 72.1. The van der Waals surface area contributed by atoms with Crippen LogP contribution in [0.25, 0.3) is 0 Å².